The van der Waals surface area contributed by atoms with Gasteiger partial charge < -0.3 is 35.8 Å². The number of β-lactam (4-membered cyclic amide) rings is 1. The fraction of sp³-hybridized carbons (Fsp3) is 0.250. The van der Waals surface area contributed by atoms with Gasteiger partial charge in [-0.25, -0.2) is 14.6 Å². The molecule has 1 aromatic heterocycles. The van der Waals surface area contributed by atoms with Gasteiger partial charge in [0.05, 0.1) is 0 Å². The number of carboxylic acid groups (broad SMARTS) is 2. The number of benzene rings is 1. The van der Waals surface area contributed by atoms with Gasteiger partial charge in [-0.2, -0.15) is 0 Å². The number of aliphatic carboxylic acids is 2. The topological polar surface area (TPSA) is 227 Å². The molecule has 0 aromatic carbocycles. The number of fused-ring (bicyclic) bond motifs is 2. The predicted molar refractivity (Wildman–Crippen MR) is 164 cm³/mol. The quantitative estimate of drug-likeness (QED) is 0.118. The van der Waals surface area contributed by atoms with Crippen molar-refractivity contribution in [2.24, 2.45) is 5.16 Å². The van der Waals surface area contributed by atoms with Gasteiger partial charge in [0, 0.05) is 35.6 Å². The van der Waals surface area contributed by atoms with Crippen molar-refractivity contribution >= 4 is 57.7 Å². The molecule has 1 saturated heterocycles. The number of thioether (sulfide) groups is 1. The summed E-state index contributed by atoms with van der Waals surface area (Å²) in [5.41, 5.74) is 4.51. The highest BCUT2D eigenvalue weighted by atomic mass is 32.2. The van der Waals surface area contributed by atoms with Crippen molar-refractivity contribution in [1.82, 2.24) is 19.8 Å². The van der Waals surface area contributed by atoms with E-state index in [-0.39, 0.29) is 28.0 Å². The smallest absolute Gasteiger partial charge is 0.352 e. The third kappa shape index (κ3) is 6.25. The molecule has 17 heteroatoms. The zero-order valence-corrected chi connectivity index (χ0v) is 25.3. The van der Waals surface area contributed by atoms with Crippen LogP contribution in [0.15, 0.2) is 69.3 Å². The van der Waals surface area contributed by atoms with Gasteiger partial charge in [-0.1, -0.05) is 17.3 Å². The van der Waals surface area contributed by atoms with Crippen LogP contribution >= 0.6 is 23.1 Å². The first-order chi connectivity index (χ1) is 21.3. The van der Waals surface area contributed by atoms with E-state index in [1.807, 2.05) is 0 Å². The summed E-state index contributed by atoms with van der Waals surface area (Å²) >= 11 is 2.26. The number of aromatic nitrogens is 2. The molecule has 4 aliphatic rings. The second-order valence-corrected chi connectivity index (χ2v) is 12.4. The maximum atomic E-state index is 13.2. The Balaban J connectivity index is 1.32. The molecule has 1 fully saturated rings. The number of nitrogens with one attached hydrogen (secondary N) is 1. The summed E-state index contributed by atoms with van der Waals surface area (Å²) < 4.78 is 1.78. The van der Waals surface area contributed by atoms with Gasteiger partial charge in [0.15, 0.2) is 16.6 Å². The Hall–Kier alpha value is -5.16. The molecule has 1 aliphatic carbocycles. The van der Waals surface area contributed by atoms with Crippen LogP contribution in [-0.2, 0) is 30.6 Å². The van der Waals surface area contributed by atoms with E-state index in [0.717, 1.165) is 16.2 Å². The molecular weight excluding hydrogens is 628 g/mol. The first-order valence-corrected chi connectivity index (χ1v) is 15.1. The number of carboxylic acids is 2. The number of oxime groups is 1. The Labute approximate surface area is 262 Å². The third-order valence-corrected chi connectivity index (χ3v) is 8.87. The molecule has 234 valence electrons. The van der Waals surface area contributed by atoms with Gasteiger partial charge in [-0.3, -0.25) is 19.3 Å². The molecule has 0 bridgehead atoms. The summed E-state index contributed by atoms with van der Waals surface area (Å²) in [4.78, 5) is 72.0. The van der Waals surface area contributed by atoms with Crippen LogP contribution in [0.4, 0.5) is 5.13 Å². The number of thiazole rings is 1. The molecule has 5 rings (SSSR count). The Bertz CT molecular complexity index is 1840. The van der Waals surface area contributed by atoms with Crippen LogP contribution in [0.5, 0.6) is 5.75 Å². The molecule has 2 atom stereocenters. The highest BCUT2D eigenvalue weighted by Crippen LogP contribution is 2.40. The lowest BCUT2D eigenvalue weighted by molar-refractivity contribution is -0.161. The van der Waals surface area contributed by atoms with Crippen LogP contribution in [-0.4, -0.2) is 82.0 Å². The number of nitrogen functional groups attached to an aromatic ring is 1. The number of carbonyl (C=O) groups excluding carboxylic acids is 2. The van der Waals surface area contributed by atoms with Crippen molar-refractivity contribution in [2.75, 3.05) is 11.5 Å². The molecule has 0 radical (unpaired) electrons. The number of nitrogens with two attached hydrogens (primary N) is 1. The number of pyridine rings is 1. The largest absolute Gasteiger partial charge is 0.504 e. The minimum atomic E-state index is -1.78. The van der Waals surface area contributed by atoms with E-state index in [0.29, 0.717) is 23.2 Å². The molecule has 2 amide bonds. The number of carbonyl (C=O) groups is 4. The number of nitrogens with zero attached hydrogens (tertiary/aromatic N) is 4. The van der Waals surface area contributed by atoms with Crippen molar-refractivity contribution in [3.8, 4) is 16.9 Å². The van der Waals surface area contributed by atoms with Crippen LogP contribution in [0.2, 0.25) is 0 Å². The van der Waals surface area contributed by atoms with E-state index in [4.69, 9.17) is 10.6 Å². The predicted octanol–water partition coefficient (Wildman–Crippen LogP) is 1.28. The molecule has 0 saturated carbocycles. The lowest BCUT2D eigenvalue weighted by atomic mass is 10.0. The molecule has 4 heterocycles. The molecule has 6 N–H and O–H groups in total. The molecule has 45 heavy (non-hydrogen) atoms. The zero-order valence-electron chi connectivity index (χ0n) is 23.7. The van der Waals surface area contributed by atoms with E-state index >= 15 is 0 Å². The number of allylic oxidation sites excluding steroid dienone is 2. The molecule has 1 aromatic rings. The van der Waals surface area contributed by atoms with Crippen molar-refractivity contribution < 1.29 is 39.3 Å². The van der Waals surface area contributed by atoms with Gasteiger partial charge in [0.2, 0.25) is 11.0 Å². The average Bonchev–Trinajstić information content (AvgIpc) is 3.41. The standard InChI is InChI=1S/C28H26N6O9S2/c1-28(2,26(41)42)43-32-19(16-12-45-27(29)30-16)22(37)31-20-23(38)34-21(25(39)40)14(11-44-24(20)34)4-3-6-33-7-5-13-8-17(35)18(36)9-15(13)10-33/h3-5,7-10,12,20,24,36H,6,11H2,1-2H3,(H2,29,30)(H,31,37)(H,39,40)(H,41,42)/b4-3+,32-19-/t20?,24-/m1/s1. The van der Waals surface area contributed by atoms with Crippen LogP contribution < -0.4 is 16.5 Å². The SMILES string of the molecule is CC(C)(O/N=C(\C(=O)NC1C(=O)N2C(C(=O)O)=C(/C=C/Cn3ccc4cc(=O)c(O)cc-4c3)CS[C@H]12)c1csc(N)n1)C(=O)O. The van der Waals surface area contributed by atoms with Gasteiger partial charge in [0.25, 0.3) is 11.8 Å². The summed E-state index contributed by atoms with van der Waals surface area (Å²) in [5, 5.41) is 36.1. The molecule has 15 nitrogen and oxygen atoms in total. The van der Waals surface area contributed by atoms with Crippen molar-refractivity contribution in [1.29, 1.82) is 0 Å². The number of anilines is 1. The summed E-state index contributed by atoms with van der Waals surface area (Å²) in [6.07, 6.45) is 6.80. The third-order valence-electron chi connectivity index (χ3n) is 6.90. The second-order valence-electron chi connectivity index (χ2n) is 10.5. The van der Waals surface area contributed by atoms with E-state index in [9.17, 15) is 39.3 Å². The van der Waals surface area contributed by atoms with E-state index in [1.165, 1.54) is 43.1 Å². The first-order valence-electron chi connectivity index (χ1n) is 13.2. The Morgan fingerprint density at radius 1 is 1.24 bits per heavy atom. The van der Waals surface area contributed by atoms with Crippen LogP contribution in [0.25, 0.3) is 11.1 Å². The average molecular weight is 655 g/mol. The molecular formula is C28H26N6O9S2. The summed E-state index contributed by atoms with van der Waals surface area (Å²) in [6.45, 7) is 2.80. The monoisotopic (exact) mass is 654 g/mol. The highest BCUT2D eigenvalue weighted by molar-refractivity contribution is 8.00. The first kappa shape index (κ1) is 31.3. The number of amides is 2. The van der Waals surface area contributed by atoms with Crippen molar-refractivity contribution in [2.45, 2.75) is 37.4 Å². The lowest BCUT2D eigenvalue weighted by Crippen LogP contribution is -2.71. The summed E-state index contributed by atoms with van der Waals surface area (Å²) in [5.74, 6) is -4.33. The molecule has 0 spiro atoms. The summed E-state index contributed by atoms with van der Waals surface area (Å²) in [7, 11) is 0. The van der Waals surface area contributed by atoms with Crippen LogP contribution in [0.3, 0.4) is 0 Å². The number of phenolic OH excluding ortho intramolecular Hbond substituents is 1. The Kier molecular flexibility index (Phi) is 8.40. The molecule has 1 unspecified atom stereocenters. The number of aromatic hydroxyl groups is 1. The number of hydrogen-bond acceptors (Lipinski definition) is 12. The van der Waals surface area contributed by atoms with Gasteiger partial charge in [0.1, 0.15) is 22.8 Å². The minimum Gasteiger partial charge on any atom is -0.504 e. The number of phenols is 1. The molecule has 3 aliphatic heterocycles. The zero-order chi connectivity index (χ0) is 32.6. The number of rotatable bonds is 10. The summed E-state index contributed by atoms with van der Waals surface area (Å²) in [6, 6.07) is 3.33. The Morgan fingerprint density at radius 2 is 2.00 bits per heavy atom. The van der Waals surface area contributed by atoms with Crippen LogP contribution in [0, 0.1) is 0 Å². The normalized spacial score (nSPS) is 18.6. The minimum absolute atomic E-state index is 0.00546. The maximum absolute atomic E-state index is 13.2. The van der Waals surface area contributed by atoms with Crippen molar-refractivity contribution in [3.63, 3.8) is 0 Å². The van der Waals surface area contributed by atoms with Gasteiger partial charge >= 0.3 is 11.9 Å². The van der Waals surface area contributed by atoms with Crippen molar-refractivity contribution in [3.05, 3.63) is 75.3 Å². The maximum Gasteiger partial charge on any atom is 0.352 e. The lowest BCUT2D eigenvalue weighted by Gasteiger charge is -2.49. The van der Waals surface area contributed by atoms with Gasteiger partial charge in [-0.15, -0.1) is 23.1 Å². The fourth-order valence-electron chi connectivity index (χ4n) is 4.46. The Morgan fingerprint density at radius 3 is 2.67 bits per heavy atom. The fourth-order valence-corrected chi connectivity index (χ4v) is 6.33. The van der Waals surface area contributed by atoms with E-state index in [2.05, 4.69) is 15.5 Å². The van der Waals surface area contributed by atoms with Crippen LogP contribution in [0.1, 0.15) is 19.5 Å². The van der Waals surface area contributed by atoms with E-state index < -0.39 is 51.9 Å². The highest BCUT2D eigenvalue weighted by Gasteiger charge is 2.54. The second kappa shape index (κ2) is 12.1. The van der Waals surface area contributed by atoms with E-state index in [1.54, 1.807) is 35.2 Å². The number of hydrogen-bond donors (Lipinski definition) is 5. The van der Waals surface area contributed by atoms with Gasteiger partial charge in [-0.05, 0) is 43.2 Å².